The van der Waals surface area contributed by atoms with Crippen LogP contribution in [0.4, 0.5) is 14.5 Å². The van der Waals surface area contributed by atoms with Gasteiger partial charge < -0.3 is 10.1 Å². The van der Waals surface area contributed by atoms with E-state index in [9.17, 15) is 22.0 Å². The van der Waals surface area contributed by atoms with E-state index < -0.39 is 33.6 Å². The molecule has 0 heterocycles. The molecule has 146 valence electrons. The van der Waals surface area contributed by atoms with Crippen molar-refractivity contribution >= 4 is 33.2 Å². The zero-order valence-electron chi connectivity index (χ0n) is 14.4. The number of halogens is 3. The van der Waals surface area contributed by atoms with Gasteiger partial charge in [-0.3, -0.25) is 4.79 Å². The van der Waals surface area contributed by atoms with Gasteiger partial charge in [-0.25, -0.2) is 17.2 Å². The van der Waals surface area contributed by atoms with Crippen LogP contribution < -0.4 is 14.8 Å². The van der Waals surface area contributed by atoms with Gasteiger partial charge in [-0.2, -0.15) is 4.72 Å². The van der Waals surface area contributed by atoms with Gasteiger partial charge in [-0.05, 0) is 44.2 Å². The van der Waals surface area contributed by atoms with Gasteiger partial charge in [0.05, 0.1) is 12.6 Å². The van der Waals surface area contributed by atoms with Crippen molar-refractivity contribution in [1.29, 1.82) is 0 Å². The van der Waals surface area contributed by atoms with E-state index in [2.05, 4.69) is 10.0 Å². The Labute approximate surface area is 160 Å². The monoisotopic (exact) mass is 418 g/mol. The first kappa shape index (κ1) is 21.1. The summed E-state index contributed by atoms with van der Waals surface area (Å²) in [6, 6.07) is 5.67. The standard InChI is InChI=1S/C17H17ClF2N2O4S/c1-3-26-15-7-4-11(18)8-16(15)27(24,25)22-10(2)17(23)21-12-5-6-13(19)14(20)9-12/h4-10,22H,3H2,1-2H3,(H,21,23). The summed E-state index contributed by atoms with van der Waals surface area (Å²) in [4.78, 5) is 12.0. The van der Waals surface area contributed by atoms with E-state index in [1.165, 1.54) is 25.1 Å². The highest BCUT2D eigenvalue weighted by atomic mass is 35.5. The quantitative estimate of drug-likeness (QED) is 0.722. The predicted octanol–water partition coefficient (Wildman–Crippen LogP) is 3.32. The summed E-state index contributed by atoms with van der Waals surface area (Å²) in [5, 5.41) is 2.48. The largest absolute Gasteiger partial charge is 0.492 e. The van der Waals surface area contributed by atoms with Gasteiger partial charge in [0.15, 0.2) is 11.6 Å². The van der Waals surface area contributed by atoms with E-state index in [0.29, 0.717) is 0 Å². The maximum atomic E-state index is 13.2. The number of anilines is 1. The van der Waals surface area contributed by atoms with Crippen molar-refractivity contribution in [2.45, 2.75) is 24.8 Å². The smallest absolute Gasteiger partial charge is 0.245 e. The number of hydrogen-bond acceptors (Lipinski definition) is 4. The molecule has 1 unspecified atom stereocenters. The summed E-state index contributed by atoms with van der Waals surface area (Å²) in [5.41, 5.74) is -0.0114. The van der Waals surface area contributed by atoms with Gasteiger partial charge in [0, 0.05) is 16.8 Å². The van der Waals surface area contributed by atoms with Crippen LogP contribution in [-0.4, -0.2) is 27.0 Å². The Bertz CT molecular complexity index is 954. The SMILES string of the molecule is CCOc1ccc(Cl)cc1S(=O)(=O)NC(C)C(=O)Nc1ccc(F)c(F)c1. The first-order valence-electron chi connectivity index (χ1n) is 7.84. The topological polar surface area (TPSA) is 84.5 Å². The molecule has 0 saturated heterocycles. The van der Waals surface area contributed by atoms with Crippen molar-refractivity contribution in [1.82, 2.24) is 4.72 Å². The van der Waals surface area contributed by atoms with Crippen LogP contribution in [0.1, 0.15) is 13.8 Å². The lowest BCUT2D eigenvalue weighted by atomic mass is 10.2. The van der Waals surface area contributed by atoms with Crippen molar-refractivity contribution in [3.05, 3.63) is 53.1 Å². The number of carbonyl (C=O) groups is 1. The summed E-state index contributed by atoms with van der Waals surface area (Å²) < 4.78 is 58.8. The van der Waals surface area contributed by atoms with Crippen LogP contribution in [-0.2, 0) is 14.8 Å². The molecule has 0 aromatic heterocycles. The fourth-order valence-corrected chi connectivity index (χ4v) is 3.75. The number of rotatable bonds is 7. The van der Waals surface area contributed by atoms with Gasteiger partial charge >= 0.3 is 0 Å². The zero-order valence-corrected chi connectivity index (χ0v) is 16.0. The van der Waals surface area contributed by atoms with Gasteiger partial charge in [-0.1, -0.05) is 11.6 Å². The summed E-state index contributed by atoms with van der Waals surface area (Å²) in [7, 11) is -4.14. The van der Waals surface area contributed by atoms with E-state index in [1.807, 2.05) is 0 Å². The molecule has 2 aromatic carbocycles. The molecule has 2 rings (SSSR count). The van der Waals surface area contributed by atoms with E-state index in [-0.39, 0.29) is 28.0 Å². The molecule has 1 atom stereocenters. The summed E-state index contributed by atoms with van der Waals surface area (Å²) >= 11 is 5.86. The number of hydrogen-bond donors (Lipinski definition) is 2. The first-order valence-corrected chi connectivity index (χ1v) is 9.70. The second-order valence-corrected chi connectivity index (χ2v) is 7.60. The van der Waals surface area contributed by atoms with Crippen LogP contribution in [0.5, 0.6) is 5.75 Å². The predicted molar refractivity (Wildman–Crippen MR) is 97.4 cm³/mol. The average molecular weight is 419 g/mol. The normalized spacial score (nSPS) is 12.5. The number of benzene rings is 2. The highest BCUT2D eigenvalue weighted by Crippen LogP contribution is 2.27. The molecule has 1 amide bonds. The molecule has 0 spiro atoms. The van der Waals surface area contributed by atoms with Crippen LogP contribution in [0.15, 0.2) is 41.3 Å². The summed E-state index contributed by atoms with van der Waals surface area (Å²) in [6.45, 7) is 3.23. The molecular weight excluding hydrogens is 402 g/mol. The zero-order chi connectivity index (χ0) is 20.2. The number of sulfonamides is 1. The fraction of sp³-hybridized carbons (Fsp3) is 0.235. The molecule has 27 heavy (non-hydrogen) atoms. The maximum Gasteiger partial charge on any atom is 0.245 e. The molecule has 2 N–H and O–H groups in total. The molecule has 0 saturated carbocycles. The van der Waals surface area contributed by atoms with Gasteiger partial charge in [-0.15, -0.1) is 0 Å². The second kappa shape index (κ2) is 8.64. The minimum absolute atomic E-state index is 0.0114. The van der Waals surface area contributed by atoms with E-state index in [4.69, 9.17) is 16.3 Å². The number of amides is 1. The molecule has 0 bridgehead atoms. The molecule has 0 aliphatic heterocycles. The van der Waals surface area contributed by atoms with Crippen LogP contribution >= 0.6 is 11.6 Å². The maximum absolute atomic E-state index is 13.2. The van der Waals surface area contributed by atoms with E-state index in [1.54, 1.807) is 6.92 Å². The lowest BCUT2D eigenvalue weighted by molar-refractivity contribution is -0.117. The van der Waals surface area contributed by atoms with Crippen molar-refractivity contribution in [3.8, 4) is 5.75 Å². The van der Waals surface area contributed by atoms with Crippen LogP contribution in [0.25, 0.3) is 0 Å². The molecule has 2 aromatic rings. The van der Waals surface area contributed by atoms with Gasteiger partial charge in [0.2, 0.25) is 15.9 Å². The minimum atomic E-state index is -4.14. The Morgan fingerprint density at radius 1 is 1.19 bits per heavy atom. The molecule has 0 fully saturated rings. The van der Waals surface area contributed by atoms with E-state index in [0.717, 1.165) is 18.2 Å². The van der Waals surface area contributed by atoms with Crippen LogP contribution in [0, 0.1) is 11.6 Å². The Morgan fingerprint density at radius 2 is 1.89 bits per heavy atom. The Morgan fingerprint density at radius 3 is 2.52 bits per heavy atom. The average Bonchev–Trinajstić information content (AvgIpc) is 2.59. The lowest BCUT2D eigenvalue weighted by Crippen LogP contribution is -2.41. The van der Waals surface area contributed by atoms with E-state index >= 15 is 0 Å². The molecule has 0 aliphatic carbocycles. The summed E-state index contributed by atoms with van der Waals surface area (Å²) in [5.74, 6) is -2.88. The minimum Gasteiger partial charge on any atom is -0.492 e. The van der Waals surface area contributed by atoms with Gasteiger partial charge in [0.1, 0.15) is 10.6 Å². The molecule has 0 radical (unpaired) electrons. The number of carbonyl (C=O) groups excluding carboxylic acids is 1. The lowest BCUT2D eigenvalue weighted by Gasteiger charge is -2.16. The second-order valence-electron chi connectivity index (χ2n) is 5.49. The van der Waals surface area contributed by atoms with Crippen LogP contribution in [0.2, 0.25) is 5.02 Å². The Kier molecular flexibility index (Phi) is 6.74. The highest BCUT2D eigenvalue weighted by Gasteiger charge is 2.25. The number of ether oxygens (including phenoxy) is 1. The number of nitrogens with one attached hydrogen (secondary N) is 2. The Hall–Kier alpha value is -2.23. The first-order chi connectivity index (χ1) is 12.6. The molecule has 10 heteroatoms. The van der Waals surface area contributed by atoms with Crippen LogP contribution in [0.3, 0.4) is 0 Å². The highest BCUT2D eigenvalue weighted by molar-refractivity contribution is 7.89. The Balaban J connectivity index is 2.18. The molecular formula is C17H17ClF2N2O4S. The third kappa shape index (κ3) is 5.38. The third-order valence-electron chi connectivity index (χ3n) is 3.41. The van der Waals surface area contributed by atoms with Gasteiger partial charge in [0.25, 0.3) is 0 Å². The van der Waals surface area contributed by atoms with Crippen molar-refractivity contribution in [3.63, 3.8) is 0 Å². The fourth-order valence-electron chi connectivity index (χ4n) is 2.14. The molecule has 6 nitrogen and oxygen atoms in total. The van der Waals surface area contributed by atoms with Crippen molar-refractivity contribution < 1.29 is 26.7 Å². The third-order valence-corrected chi connectivity index (χ3v) is 5.20. The van der Waals surface area contributed by atoms with Crippen molar-refractivity contribution in [2.24, 2.45) is 0 Å². The van der Waals surface area contributed by atoms with Crippen molar-refractivity contribution in [2.75, 3.05) is 11.9 Å². The summed E-state index contributed by atoms with van der Waals surface area (Å²) in [6.07, 6.45) is 0. The molecule has 0 aliphatic rings.